The highest BCUT2D eigenvalue weighted by atomic mass is 35.5. The molecule has 0 aliphatic carbocycles. The molecule has 1 saturated heterocycles. The van der Waals surface area contributed by atoms with Crippen molar-refractivity contribution in [2.75, 3.05) is 26.2 Å². The van der Waals surface area contributed by atoms with Crippen LogP contribution in [-0.4, -0.2) is 31.1 Å². The number of halogens is 1. The lowest BCUT2D eigenvalue weighted by atomic mass is 9.92. The third-order valence-corrected chi connectivity index (χ3v) is 3.90. The highest BCUT2D eigenvalue weighted by molar-refractivity contribution is 6.30. The van der Waals surface area contributed by atoms with Gasteiger partial charge in [-0.1, -0.05) is 25.4 Å². The van der Waals surface area contributed by atoms with E-state index in [4.69, 9.17) is 16.3 Å². The van der Waals surface area contributed by atoms with E-state index in [0.717, 1.165) is 42.2 Å². The van der Waals surface area contributed by atoms with Crippen molar-refractivity contribution < 1.29 is 4.74 Å². The van der Waals surface area contributed by atoms with Gasteiger partial charge >= 0.3 is 0 Å². The third-order valence-electron chi connectivity index (χ3n) is 3.65. The molecular weight excluding hydrogens is 258 g/mol. The van der Waals surface area contributed by atoms with Crippen LogP contribution in [0.15, 0.2) is 24.3 Å². The Morgan fingerprint density at radius 2 is 1.79 bits per heavy atom. The summed E-state index contributed by atoms with van der Waals surface area (Å²) >= 11 is 5.84. The monoisotopic (exact) mass is 281 g/mol. The highest BCUT2D eigenvalue weighted by Crippen LogP contribution is 2.21. The first-order valence-corrected chi connectivity index (χ1v) is 7.62. The molecule has 1 fully saturated rings. The maximum Gasteiger partial charge on any atom is 0.119 e. The molecule has 0 radical (unpaired) electrons. The van der Waals surface area contributed by atoms with Crippen molar-refractivity contribution in [2.24, 2.45) is 11.8 Å². The van der Waals surface area contributed by atoms with Crippen LogP contribution in [0.4, 0.5) is 0 Å². The Kier molecular flexibility index (Phi) is 5.53. The van der Waals surface area contributed by atoms with Crippen LogP contribution in [0.25, 0.3) is 0 Å². The molecule has 19 heavy (non-hydrogen) atoms. The zero-order chi connectivity index (χ0) is 13.7. The van der Waals surface area contributed by atoms with E-state index >= 15 is 0 Å². The largest absolute Gasteiger partial charge is 0.494 e. The zero-order valence-electron chi connectivity index (χ0n) is 11.9. The van der Waals surface area contributed by atoms with Crippen LogP contribution in [0, 0.1) is 11.8 Å². The number of nitrogens with zero attached hydrogens (tertiary/aromatic N) is 1. The molecule has 2 unspecified atom stereocenters. The summed E-state index contributed by atoms with van der Waals surface area (Å²) in [5.74, 6) is 2.58. The summed E-state index contributed by atoms with van der Waals surface area (Å²) in [6, 6.07) is 7.58. The molecule has 0 aromatic heterocycles. The van der Waals surface area contributed by atoms with Gasteiger partial charge in [0.15, 0.2) is 0 Å². The van der Waals surface area contributed by atoms with Gasteiger partial charge in [0, 0.05) is 24.7 Å². The number of likely N-dealkylation sites (tertiary alicyclic amines) is 1. The van der Waals surface area contributed by atoms with Crippen LogP contribution in [0.5, 0.6) is 5.75 Å². The third kappa shape index (κ3) is 5.04. The first-order chi connectivity index (χ1) is 9.13. The molecule has 0 bridgehead atoms. The average molecular weight is 282 g/mol. The second-order valence-electron chi connectivity index (χ2n) is 5.86. The van der Waals surface area contributed by atoms with E-state index in [-0.39, 0.29) is 0 Å². The highest BCUT2D eigenvalue weighted by Gasteiger charge is 2.20. The molecule has 106 valence electrons. The smallest absolute Gasteiger partial charge is 0.119 e. The van der Waals surface area contributed by atoms with Crippen LogP contribution in [0.3, 0.4) is 0 Å². The molecule has 1 aliphatic heterocycles. The molecule has 2 rings (SSSR count). The summed E-state index contributed by atoms with van der Waals surface area (Å²) in [4.78, 5) is 2.57. The fraction of sp³-hybridized carbons (Fsp3) is 0.625. The Hall–Kier alpha value is -0.730. The molecule has 0 amide bonds. The predicted octanol–water partition coefficient (Wildman–Crippen LogP) is 4.09. The summed E-state index contributed by atoms with van der Waals surface area (Å²) in [7, 11) is 0. The van der Waals surface area contributed by atoms with Gasteiger partial charge in [-0.3, -0.25) is 0 Å². The number of rotatable bonds is 5. The Bertz CT molecular complexity index is 369. The molecule has 1 heterocycles. The SMILES string of the molecule is CC1CC(C)CN(CCCOc2ccc(Cl)cc2)C1. The topological polar surface area (TPSA) is 12.5 Å². The summed E-state index contributed by atoms with van der Waals surface area (Å²) in [5.41, 5.74) is 0. The quantitative estimate of drug-likeness (QED) is 0.754. The van der Waals surface area contributed by atoms with Gasteiger partial charge < -0.3 is 9.64 Å². The lowest BCUT2D eigenvalue weighted by Crippen LogP contribution is -2.39. The minimum absolute atomic E-state index is 0.753. The maximum atomic E-state index is 5.84. The van der Waals surface area contributed by atoms with Gasteiger partial charge in [-0.2, -0.15) is 0 Å². The first kappa shape index (κ1) is 14.7. The number of hydrogen-bond donors (Lipinski definition) is 0. The molecule has 2 atom stereocenters. The van der Waals surface area contributed by atoms with Crippen molar-refractivity contribution in [2.45, 2.75) is 26.7 Å². The Balaban J connectivity index is 1.65. The van der Waals surface area contributed by atoms with E-state index in [1.807, 2.05) is 24.3 Å². The summed E-state index contributed by atoms with van der Waals surface area (Å²) < 4.78 is 5.72. The Morgan fingerprint density at radius 3 is 2.42 bits per heavy atom. The van der Waals surface area contributed by atoms with Gasteiger partial charge in [0.05, 0.1) is 6.61 Å². The van der Waals surface area contributed by atoms with Gasteiger partial charge in [-0.25, -0.2) is 0 Å². The molecule has 0 spiro atoms. The lowest BCUT2D eigenvalue weighted by molar-refractivity contribution is 0.132. The van der Waals surface area contributed by atoms with Crippen LogP contribution >= 0.6 is 11.6 Å². The van der Waals surface area contributed by atoms with Gasteiger partial charge in [0.1, 0.15) is 5.75 Å². The van der Waals surface area contributed by atoms with Crippen LogP contribution in [-0.2, 0) is 0 Å². The van der Waals surface area contributed by atoms with E-state index < -0.39 is 0 Å². The molecule has 0 saturated carbocycles. The van der Waals surface area contributed by atoms with Crippen molar-refractivity contribution in [1.29, 1.82) is 0 Å². The van der Waals surface area contributed by atoms with Crippen molar-refractivity contribution in [3.05, 3.63) is 29.3 Å². The van der Waals surface area contributed by atoms with E-state index in [1.165, 1.54) is 19.5 Å². The first-order valence-electron chi connectivity index (χ1n) is 7.24. The van der Waals surface area contributed by atoms with Gasteiger partial charge in [-0.05, 0) is 48.9 Å². The number of benzene rings is 1. The Morgan fingerprint density at radius 1 is 1.16 bits per heavy atom. The van der Waals surface area contributed by atoms with E-state index in [9.17, 15) is 0 Å². The molecule has 3 heteroatoms. The molecule has 1 aromatic rings. The van der Waals surface area contributed by atoms with Crippen LogP contribution in [0.1, 0.15) is 26.7 Å². The second kappa shape index (κ2) is 7.16. The van der Waals surface area contributed by atoms with E-state index in [2.05, 4.69) is 18.7 Å². The van der Waals surface area contributed by atoms with Crippen LogP contribution in [0.2, 0.25) is 5.02 Å². The van der Waals surface area contributed by atoms with E-state index in [0.29, 0.717) is 0 Å². The summed E-state index contributed by atoms with van der Waals surface area (Å²) in [5, 5.41) is 0.753. The normalized spacial score (nSPS) is 24.4. The van der Waals surface area contributed by atoms with Crippen LogP contribution < -0.4 is 4.74 Å². The lowest BCUT2D eigenvalue weighted by Gasteiger charge is -2.34. The molecular formula is C16H24ClNO. The van der Waals surface area contributed by atoms with Crippen molar-refractivity contribution in [3.8, 4) is 5.75 Å². The number of hydrogen-bond acceptors (Lipinski definition) is 2. The molecule has 1 aliphatic rings. The molecule has 2 nitrogen and oxygen atoms in total. The number of ether oxygens (including phenoxy) is 1. The maximum absolute atomic E-state index is 5.84. The molecule has 0 N–H and O–H groups in total. The average Bonchev–Trinajstić information content (AvgIpc) is 2.36. The fourth-order valence-corrected chi connectivity index (χ4v) is 3.11. The van der Waals surface area contributed by atoms with Gasteiger partial charge in [-0.15, -0.1) is 0 Å². The predicted molar refractivity (Wildman–Crippen MR) is 80.9 cm³/mol. The number of piperidine rings is 1. The van der Waals surface area contributed by atoms with Crippen molar-refractivity contribution in [3.63, 3.8) is 0 Å². The van der Waals surface area contributed by atoms with Gasteiger partial charge in [0.2, 0.25) is 0 Å². The standard InChI is InChI=1S/C16H24ClNO/c1-13-10-14(2)12-18(11-13)8-3-9-19-16-6-4-15(17)5-7-16/h4-7,13-14H,3,8-12H2,1-2H3. The van der Waals surface area contributed by atoms with Crippen molar-refractivity contribution >= 4 is 11.6 Å². The summed E-state index contributed by atoms with van der Waals surface area (Å²) in [6.07, 6.45) is 2.46. The summed E-state index contributed by atoms with van der Waals surface area (Å²) in [6.45, 7) is 9.11. The molecule has 1 aromatic carbocycles. The minimum Gasteiger partial charge on any atom is -0.494 e. The van der Waals surface area contributed by atoms with Gasteiger partial charge in [0.25, 0.3) is 0 Å². The van der Waals surface area contributed by atoms with Crippen molar-refractivity contribution in [1.82, 2.24) is 4.90 Å². The zero-order valence-corrected chi connectivity index (χ0v) is 12.7. The fourth-order valence-electron chi connectivity index (χ4n) is 2.98. The van der Waals surface area contributed by atoms with E-state index in [1.54, 1.807) is 0 Å². The second-order valence-corrected chi connectivity index (χ2v) is 6.30. The Labute approximate surface area is 121 Å². The minimum atomic E-state index is 0.753.